The number of nitrogens with zero attached hydrogens (tertiary/aromatic N) is 1. The summed E-state index contributed by atoms with van der Waals surface area (Å²) >= 11 is 1.46. The third kappa shape index (κ3) is 3.31. The Morgan fingerprint density at radius 2 is 1.80 bits per heavy atom. The normalized spacial score (nSPS) is 12.0. The molecule has 0 bridgehead atoms. The summed E-state index contributed by atoms with van der Waals surface area (Å²) in [7, 11) is 0. The number of rotatable bonds is 5. The highest BCUT2D eigenvalue weighted by Crippen LogP contribution is 2.42. The topological polar surface area (TPSA) is 96.1 Å². The Morgan fingerprint density at radius 3 is 2.70 bits per heavy atom. The van der Waals surface area contributed by atoms with Crippen LogP contribution in [0.15, 0.2) is 54.6 Å². The Morgan fingerprint density at radius 1 is 1.03 bits per heavy atom. The van der Waals surface area contributed by atoms with E-state index in [9.17, 15) is 9.59 Å². The van der Waals surface area contributed by atoms with Gasteiger partial charge in [0.05, 0.1) is 10.4 Å². The van der Waals surface area contributed by atoms with Crippen molar-refractivity contribution in [2.75, 3.05) is 13.1 Å². The summed E-state index contributed by atoms with van der Waals surface area (Å²) < 4.78 is 5.75. The Labute approximate surface area is 176 Å². The van der Waals surface area contributed by atoms with Gasteiger partial charge in [-0.3, -0.25) is 14.7 Å². The van der Waals surface area contributed by atoms with Gasteiger partial charge in [-0.15, -0.1) is 11.3 Å². The SMILES string of the molecule is O=C(NCCNC(=O)c1n[nH]c2ccccc12)c1cc2c(s1)-c1ccccc1OC2. The minimum Gasteiger partial charge on any atom is -0.488 e. The van der Waals surface area contributed by atoms with E-state index in [1.165, 1.54) is 11.3 Å². The van der Waals surface area contributed by atoms with E-state index >= 15 is 0 Å². The zero-order chi connectivity index (χ0) is 20.5. The first-order valence-corrected chi connectivity index (χ1v) is 10.4. The van der Waals surface area contributed by atoms with Crippen LogP contribution in [0.5, 0.6) is 5.75 Å². The Balaban J connectivity index is 1.19. The van der Waals surface area contributed by atoms with E-state index in [1.807, 2.05) is 54.6 Å². The lowest BCUT2D eigenvalue weighted by molar-refractivity contribution is 0.0927. The zero-order valence-electron chi connectivity index (χ0n) is 15.9. The number of benzene rings is 2. The molecule has 2 aromatic carbocycles. The molecule has 150 valence electrons. The van der Waals surface area contributed by atoms with E-state index in [4.69, 9.17) is 4.74 Å². The molecule has 0 spiro atoms. The number of aromatic amines is 1. The molecular formula is C22H18N4O3S. The molecule has 2 amide bonds. The minimum absolute atomic E-state index is 0.161. The van der Waals surface area contributed by atoms with Crippen molar-refractivity contribution in [1.29, 1.82) is 0 Å². The van der Waals surface area contributed by atoms with Crippen LogP contribution in [0.4, 0.5) is 0 Å². The first-order valence-electron chi connectivity index (χ1n) is 9.55. The fourth-order valence-electron chi connectivity index (χ4n) is 3.47. The van der Waals surface area contributed by atoms with E-state index in [-0.39, 0.29) is 11.8 Å². The number of hydrogen-bond acceptors (Lipinski definition) is 5. The van der Waals surface area contributed by atoms with E-state index in [2.05, 4.69) is 20.8 Å². The number of carbonyl (C=O) groups is 2. The van der Waals surface area contributed by atoms with Gasteiger partial charge in [0.1, 0.15) is 12.4 Å². The maximum Gasteiger partial charge on any atom is 0.272 e. The number of carbonyl (C=O) groups excluding carboxylic acids is 2. The second-order valence-electron chi connectivity index (χ2n) is 6.88. The average molecular weight is 418 g/mol. The van der Waals surface area contributed by atoms with Crippen LogP contribution in [0.25, 0.3) is 21.3 Å². The van der Waals surface area contributed by atoms with Gasteiger partial charge >= 0.3 is 0 Å². The predicted octanol–water partition coefficient (Wildman–Crippen LogP) is 3.34. The second-order valence-corrected chi connectivity index (χ2v) is 7.93. The highest BCUT2D eigenvalue weighted by atomic mass is 32.1. The Bertz CT molecular complexity index is 1260. The highest BCUT2D eigenvalue weighted by molar-refractivity contribution is 7.17. The van der Waals surface area contributed by atoms with Gasteiger partial charge in [0.15, 0.2) is 5.69 Å². The molecule has 0 aliphatic carbocycles. The molecule has 4 aromatic rings. The van der Waals surface area contributed by atoms with Gasteiger partial charge in [-0.1, -0.05) is 30.3 Å². The number of hydrogen-bond donors (Lipinski definition) is 3. The molecule has 2 aromatic heterocycles. The zero-order valence-corrected chi connectivity index (χ0v) is 16.7. The number of aromatic nitrogens is 2. The third-order valence-electron chi connectivity index (χ3n) is 4.93. The lowest BCUT2D eigenvalue weighted by atomic mass is 10.1. The standard InChI is InChI=1S/C22H18N4O3S/c27-21(18-11-13-12-29-17-8-4-2-6-15(17)20(13)30-18)23-9-10-24-22(28)19-14-5-1-3-7-16(14)25-26-19/h1-8,11H,9-10,12H2,(H,23,27)(H,24,28)(H,25,26). The van der Waals surface area contributed by atoms with Crippen molar-refractivity contribution in [2.45, 2.75) is 6.61 Å². The molecule has 8 heteroatoms. The van der Waals surface area contributed by atoms with Gasteiger partial charge < -0.3 is 15.4 Å². The van der Waals surface area contributed by atoms with Crippen molar-refractivity contribution in [3.05, 3.63) is 70.7 Å². The average Bonchev–Trinajstić information content (AvgIpc) is 3.41. The molecule has 3 N–H and O–H groups in total. The fourth-order valence-corrected chi connectivity index (χ4v) is 4.58. The largest absolute Gasteiger partial charge is 0.488 e. The van der Waals surface area contributed by atoms with E-state index in [1.54, 1.807) is 0 Å². The summed E-state index contributed by atoms with van der Waals surface area (Å²) in [6.07, 6.45) is 0. The molecule has 0 unspecified atom stereocenters. The van der Waals surface area contributed by atoms with E-state index in [0.29, 0.717) is 30.3 Å². The van der Waals surface area contributed by atoms with Crippen LogP contribution in [0.2, 0.25) is 0 Å². The quantitative estimate of drug-likeness (QED) is 0.433. The summed E-state index contributed by atoms with van der Waals surface area (Å²) in [5, 5.41) is 13.3. The number of fused-ring (bicyclic) bond motifs is 4. The van der Waals surface area contributed by atoms with E-state index in [0.717, 1.165) is 32.7 Å². The number of thiophene rings is 1. The van der Waals surface area contributed by atoms with Gasteiger partial charge in [-0.2, -0.15) is 5.10 Å². The summed E-state index contributed by atoms with van der Waals surface area (Å²) in [6, 6.07) is 17.2. The minimum atomic E-state index is -0.276. The van der Waals surface area contributed by atoms with Crippen molar-refractivity contribution >= 4 is 34.1 Å². The number of nitrogens with one attached hydrogen (secondary N) is 3. The Hall–Kier alpha value is -3.65. The molecule has 3 heterocycles. The molecule has 0 atom stereocenters. The summed E-state index contributed by atoms with van der Waals surface area (Å²) in [4.78, 5) is 26.6. The fraction of sp³-hybridized carbons (Fsp3) is 0.136. The van der Waals surface area contributed by atoms with Gasteiger partial charge in [0, 0.05) is 34.5 Å². The third-order valence-corrected chi connectivity index (χ3v) is 6.14. The predicted molar refractivity (Wildman–Crippen MR) is 115 cm³/mol. The van der Waals surface area contributed by atoms with Crippen molar-refractivity contribution in [2.24, 2.45) is 0 Å². The molecular weight excluding hydrogens is 400 g/mol. The smallest absolute Gasteiger partial charge is 0.272 e. The molecule has 0 saturated heterocycles. The Kier molecular flexibility index (Phi) is 4.68. The van der Waals surface area contributed by atoms with Crippen molar-refractivity contribution in [1.82, 2.24) is 20.8 Å². The number of ether oxygens (including phenoxy) is 1. The molecule has 0 radical (unpaired) electrons. The molecule has 1 aliphatic rings. The van der Waals surface area contributed by atoms with Gasteiger partial charge in [0.2, 0.25) is 0 Å². The van der Waals surface area contributed by atoms with Gasteiger partial charge in [-0.05, 0) is 24.3 Å². The summed E-state index contributed by atoms with van der Waals surface area (Å²) in [5.41, 5.74) is 3.19. The van der Waals surface area contributed by atoms with Crippen molar-refractivity contribution < 1.29 is 14.3 Å². The number of H-pyrrole nitrogens is 1. The van der Waals surface area contributed by atoms with Crippen LogP contribution < -0.4 is 15.4 Å². The van der Waals surface area contributed by atoms with Gasteiger partial charge in [0.25, 0.3) is 11.8 Å². The van der Waals surface area contributed by atoms with Crippen molar-refractivity contribution in [3.63, 3.8) is 0 Å². The van der Waals surface area contributed by atoms with Crippen LogP contribution in [0.3, 0.4) is 0 Å². The van der Waals surface area contributed by atoms with Crippen LogP contribution >= 0.6 is 11.3 Å². The number of amides is 2. The number of para-hydroxylation sites is 2. The first-order chi connectivity index (χ1) is 14.7. The molecule has 1 aliphatic heterocycles. The monoisotopic (exact) mass is 418 g/mol. The molecule has 5 rings (SSSR count). The molecule has 0 saturated carbocycles. The molecule has 7 nitrogen and oxygen atoms in total. The van der Waals surface area contributed by atoms with Crippen LogP contribution in [-0.2, 0) is 6.61 Å². The lowest BCUT2D eigenvalue weighted by Crippen LogP contribution is -2.34. The van der Waals surface area contributed by atoms with Gasteiger partial charge in [-0.25, -0.2) is 0 Å². The van der Waals surface area contributed by atoms with Crippen LogP contribution in [0.1, 0.15) is 25.7 Å². The summed E-state index contributed by atoms with van der Waals surface area (Å²) in [6.45, 7) is 1.09. The van der Waals surface area contributed by atoms with Crippen LogP contribution in [-0.4, -0.2) is 35.1 Å². The molecule has 30 heavy (non-hydrogen) atoms. The first kappa shape index (κ1) is 18.4. The highest BCUT2D eigenvalue weighted by Gasteiger charge is 2.22. The maximum atomic E-state index is 12.6. The van der Waals surface area contributed by atoms with Crippen molar-refractivity contribution in [3.8, 4) is 16.2 Å². The van der Waals surface area contributed by atoms with Crippen LogP contribution in [0, 0.1) is 0 Å². The molecule has 0 fully saturated rings. The van der Waals surface area contributed by atoms with E-state index < -0.39 is 0 Å². The second kappa shape index (κ2) is 7.64. The summed E-state index contributed by atoms with van der Waals surface area (Å²) in [5.74, 6) is 0.404. The lowest BCUT2D eigenvalue weighted by Gasteiger charge is -2.16. The maximum absolute atomic E-state index is 12.6.